The van der Waals surface area contributed by atoms with Crippen molar-refractivity contribution in [3.8, 4) is 0 Å². The average Bonchev–Trinajstić information content (AvgIpc) is 3.19. The smallest absolute Gasteiger partial charge is 0.274 e. The van der Waals surface area contributed by atoms with Crippen molar-refractivity contribution in [1.29, 1.82) is 0 Å². The number of aromatic nitrogens is 2. The van der Waals surface area contributed by atoms with E-state index in [0.29, 0.717) is 40.8 Å². The lowest BCUT2D eigenvalue weighted by molar-refractivity contribution is 0.0940. The van der Waals surface area contributed by atoms with Gasteiger partial charge in [0, 0.05) is 19.0 Å². The van der Waals surface area contributed by atoms with Gasteiger partial charge in [0.25, 0.3) is 11.5 Å². The first kappa shape index (κ1) is 14.2. The molecule has 1 aromatic carbocycles. The summed E-state index contributed by atoms with van der Waals surface area (Å²) in [4.78, 5) is 24.7. The van der Waals surface area contributed by atoms with E-state index >= 15 is 0 Å². The molecule has 1 aromatic heterocycles. The third kappa shape index (κ3) is 2.36. The zero-order valence-electron chi connectivity index (χ0n) is 13.0. The van der Waals surface area contributed by atoms with Crippen LogP contribution in [0.3, 0.4) is 0 Å². The van der Waals surface area contributed by atoms with Crippen molar-refractivity contribution >= 4 is 16.7 Å². The third-order valence-corrected chi connectivity index (χ3v) is 5.11. The molecular weight excluding hydrogens is 290 g/mol. The number of nitrogens with one attached hydrogen (secondary N) is 1. The Morgan fingerprint density at radius 3 is 2.74 bits per heavy atom. The minimum absolute atomic E-state index is 0.185. The number of aryl methyl sites for hydroxylation is 1. The molecule has 23 heavy (non-hydrogen) atoms. The van der Waals surface area contributed by atoms with Gasteiger partial charge in [0.15, 0.2) is 5.69 Å². The predicted molar refractivity (Wildman–Crippen MR) is 88.2 cm³/mol. The lowest BCUT2D eigenvalue weighted by Crippen LogP contribution is -2.33. The van der Waals surface area contributed by atoms with Crippen LogP contribution < -0.4 is 10.9 Å². The molecule has 118 valence electrons. The fourth-order valence-electron chi connectivity index (χ4n) is 3.90. The maximum absolute atomic E-state index is 12.6. The van der Waals surface area contributed by atoms with E-state index in [-0.39, 0.29) is 11.5 Å². The molecule has 0 unspecified atom stereocenters. The highest BCUT2D eigenvalue weighted by atomic mass is 16.2. The first-order valence-corrected chi connectivity index (χ1v) is 8.06. The number of fused-ring (bicyclic) bond motifs is 3. The number of carbonyl (C=O) groups excluding carboxylic acids is 1. The van der Waals surface area contributed by atoms with Crippen LogP contribution in [0, 0.1) is 17.8 Å². The van der Waals surface area contributed by atoms with Crippen molar-refractivity contribution in [2.45, 2.75) is 12.8 Å². The summed E-state index contributed by atoms with van der Waals surface area (Å²) in [6.45, 7) is 0.670. The summed E-state index contributed by atoms with van der Waals surface area (Å²) in [5, 5.41) is 8.32. The lowest BCUT2D eigenvalue weighted by Gasteiger charge is -2.18. The Hall–Kier alpha value is -2.43. The number of hydrogen-bond acceptors (Lipinski definition) is 3. The first-order chi connectivity index (χ1) is 11.1. The Balaban J connectivity index is 1.59. The lowest BCUT2D eigenvalue weighted by atomic mass is 9.93. The van der Waals surface area contributed by atoms with Gasteiger partial charge in [-0.05, 0) is 36.7 Å². The summed E-state index contributed by atoms with van der Waals surface area (Å²) in [6, 6.07) is 7.13. The van der Waals surface area contributed by atoms with Crippen molar-refractivity contribution < 1.29 is 4.79 Å². The van der Waals surface area contributed by atoms with Crippen molar-refractivity contribution in [3.63, 3.8) is 0 Å². The van der Waals surface area contributed by atoms with Gasteiger partial charge in [0.1, 0.15) is 0 Å². The van der Waals surface area contributed by atoms with Gasteiger partial charge in [-0.3, -0.25) is 9.59 Å². The van der Waals surface area contributed by atoms with Crippen molar-refractivity contribution in [2.75, 3.05) is 6.54 Å². The molecule has 1 amide bonds. The van der Waals surface area contributed by atoms with Gasteiger partial charge in [0.2, 0.25) is 0 Å². The van der Waals surface area contributed by atoms with Crippen LogP contribution in [0.5, 0.6) is 0 Å². The molecular formula is C18H19N3O2. The fourth-order valence-corrected chi connectivity index (χ4v) is 3.90. The normalized spacial score (nSPS) is 25.2. The molecule has 0 aliphatic heterocycles. The quantitative estimate of drug-likeness (QED) is 0.881. The largest absolute Gasteiger partial charge is 0.350 e. The Morgan fingerprint density at radius 1 is 1.26 bits per heavy atom. The summed E-state index contributed by atoms with van der Waals surface area (Å²) in [7, 11) is 1.58. The van der Waals surface area contributed by atoms with E-state index in [2.05, 4.69) is 22.6 Å². The van der Waals surface area contributed by atoms with Crippen LogP contribution in [0.15, 0.2) is 41.2 Å². The first-order valence-electron chi connectivity index (χ1n) is 8.06. The molecule has 1 fully saturated rings. The number of benzene rings is 1. The van der Waals surface area contributed by atoms with Crippen molar-refractivity contribution in [1.82, 2.24) is 15.1 Å². The minimum Gasteiger partial charge on any atom is -0.350 e. The van der Waals surface area contributed by atoms with Crippen LogP contribution in [0.2, 0.25) is 0 Å². The summed E-state index contributed by atoms with van der Waals surface area (Å²) < 4.78 is 1.23. The Morgan fingerprint density at radius 2 is 2.04 bits per heavy atom. The van der Waals surface area contributed by atoms with Crippen LogP contribution in [0.4, 0.5) is 0 Å². The molecule has 1 heterocycles. The molecule has 2 aliphatic carbocycles. The monoisotopic (exact) mass is 309 g/mol. The second-order valence-corrected chi connectivity index (χ2v) is 6.57. The van der Waals surface area contributed by atoms with Crippen LogP contribution in [0.25, 0.3) is 10.8 Å². The average molecular weight is 309 g/mol. The maximum Gasteiger partial charge on any atom is 0.274 e. The van der Waals surface area contributed by atoms with E-state index in [9.17, 15) is 9.59 Å². The van der Waals surface area contributed by atoms with E-state index in [1.54, 1.807) is 25.2 Å². The Bertz CT molecular complexity index is 868. The van der Waals surface area contributed by atoms with Crippen LogP contribution in [0.1, 0.15) is 23.3 Å². The summed E-state index contributed by atoms with van der Waals surface area (Å²) in [5.41, 5.74) is 0.136. The van der Waals surface area contributed by atoms with E-state index in [1.165, 1.54) is 11.1 Å². The molecule has 5 heteroatoms. The molecule has 3 atom stereocenters. The number of hydrogen-bond donors (Lipinski definition) is 1. The van der Waals surface area contributed by atoms with Crippen LogP contribution >= 0.6 is 0 Å². The summed E-state index contributed by atoms with van der Waals surface area (Å²) in [6.07, 6.45) is 6.96. The SMILES string of the molecule is Cn1nc(C(=O)NC[C@H]2C[C@@H]3C=C[C@H]2C3)c2ccccc2c1=O. The standard InChI is InChI=1S/C18H19N3O2/c1-21-18(23)15-5-3-2-4-14(15)16(20-21)17(22)19-10-13-9-11-6-7-12(13)8-11/h2-7,11-13H,8-10H2,1H3,(H,19,22)/t11-,12+,13-/m1/s1. The van der Waals surface area contributed by atoms with Crippen molar-refractivity contribution in [3.05, 3.63) is 52.5 Å². The second-order valence-electron chi connectivity index (χ2n) is 6.57. The van der Waals surface area contributed by atoms with Gasteiger partial charge in [-0.2, -0.15) is 5.10 Å². The highest BCUT2D eigenvalue weighted by molar-refractivity contribution is 6.04. The number of allylic oxidation sites excluding steroid dienone is 2. The van der Waals surface area contributed by atoms with Crippen LogP contribution in [-0.2, 0) is 7.05 Å². The van der Waals surface area contributed by atoms with E-state index in [1.807, 2.05) is 6.07 Å². The minimum atomic E-state index is -0.205. The number of rotatable bonds is 3. The van der Waals surface area contributed by atoms with Gasteiger partial charge in [-0.25, -0.2) is 4.68 Å². The molecule has 1 N–H and O–H groups in total. The van der Waals surface area contributed by atoms with Gasteiger partial charge in [-0.15, -0.1) is 0 Å². The topological polar surface area (TPSA) is 64.0 Å². The third-order valence-electron chi connectivity index (χ3n) is 5.11. The molecule has 2 aromatic rings. The zero-order chi connectivity index (χ0) is 16.0. The molecule has 0 radical (unpaired) electrons. The fraction of sp³-hybridized carbons (Fsp3) is 0.389. The zero-order valence-corrected chi connectivity index (χ0v) is 13.0. The molecule has 0 spiro atoms. The predicted octanol–water partition coefficient (Wildman–Crippen LogP) is 1.88. The summed E-state index contributed by atoms with van der Waals surface area (Å²) >= 11 is 0. The molecule has 2 bridgehead atoms. The van der Waals surface area contributed by atoms with Crippen molar-refractivity contribution in [2.24, 2.45) is 24.8 Å². The second kappa shape index (κ2) is 5.33. The molecule has 1 saturated carbocycles. The number of carbonyl (C=O) groups is 1. The molecule has 2 aliphatic rings. The Kier molecular flexibility index (Phi) is 3.29. The maximum atomic E-state index is 12.6. The van der Waals surface area contributed by atoms with Gasteiger partial charge in [0.05, 0.1) is 5.39 Å². The Labute approximate surface area is 134 Å². The van der Waals surface area contributed by atoms with Crippen LogP contribution in [-0.4, -0.2) is 22.2 Å². The molecule has 5 nitrogen and oxygen atoms in total. The molecule has 0 saturated heterocycles. The van der Waals surface area contributed by atoms with Gasteiger partial charge < -0.3 is 5.32 Å². The highest BCUT2D eigenvalue weighted by Crippen LogP contribution is 2.42. The summed E-state index contributed by atoms with van der Waals surface area (Å²) in [5.74, 6) is 1.61. The van der Waals surface area contributed by atoms with Gasteiger partial charge >= 0.3 is 0 Å². The van der Waals surface area contributed by atoms with Gasteiger partial charge in [-0.1, -0.05) is 30.4 Å². The highest BCUT2D eigenvalue weighted by Gasteiger charge is 2.35. The van der Waals surface area contributed by atoms with E-state index in [4.69, 9.17) is 0 Å². The number of amides is 1. The van der Waals surface area contributed by atoms with E-state index < -0.39 is 0 Å². The van der Waals surface area contributed by atoms with E-state index in [0.717, 1.165) is 6.42 Å². The number of nitrogens with zero attached hydrogens (tertiary/aromatic N) is 2. The molecule has 4 rings (SSSR count).